The normalized spacial score (nSPS) is 19.5. The van der Waals surface area contributed by atoms with E-state index in [0.717, 1.165) is 19.1 Å². The van der Waals surface area contributed by atoms with Gasteiger partial charge in [0.15, 0.2) is 0 Å². The summed E-state index contributed by atoms with van der Waals surface area (Å²) >= 11 is 0. The zero-order chi connectivity index (χ0) is 13.7. The third kappa shape index (κ3) is 4.05. The van der Waals surface area contributed by atoms with Crippen LogP contribution in [-0.4, -0.2) is 30.6 Å². The first kappa shape index (κ1) is 14.5. The monoisotopic (exact) mass is 260 g/mol. The summed E-state index contributed by atoms with van der Waals surface area (Å²) in [5.74, 6) is 0.625. The van der Waals surface area contributed by atoms with Crippen LogP contribution in [0.1, 0.15) is 50.7 Å². The summed E-state index contributed by atoms with van der Waals surface area (Å²) in [5.41, 5.74) is 2.89. The molecular formula is C17H28N2. The van der Waals surface area contributed by atoms with Crippen molar-refractivity contribution >= 4 is 0 Å². The number of hydrogen-bond donors (Lipinski definition) is 1. The summed E-state index contributed by atoms with van der Waals surface area (Å²) in [5, 5.41) is 3.48. The van der Waals surface area contributed by atoms with Crippen LogP contribution in [-0.2, 0) is 6.54 Å². The summed E-state index contributed by atoms with van der Waals surface area (Å²) in [6.07, 6.45) is 2.53. The Morgan fingerprint density at radius 2 is 2.00 bits per heavy atom. The van der Waals surface area contributed by atoms with E-state index in [4.69, 9.17) is 0 Å². The molecule has 2 rings (SSSR count). The first-order chi connectivity index (χ1) is 9.20. The fourth-order valence-electron chi connectivity index (χ4n) is 2.87. The smallest absolute Gasteiger partial charge is 0.0237 e. The van der Waals surface area contributed by atoms with Crippen molar-refractivity contribution in [3.8, 4) is 0 Å². The summed E-state index contributed by atoms with van der Waals surface area (Å²) in [6.45, 7) is 11.4. The number of nitrogens with one attached hydrogen (secondary N) is 1. The summed E-state index contributed by atoms with van der Waals surface area (Å²) in [6, 6.07) is 9.92. The summed E-state index contributed by atoms with van der Waals surface area (Å²) < 4.78 is 0. The lowest BCUT2D eigenvalue weighted by Gasteiger charge is -2.28. The van der Waals surface area contributed by atoms with E-state index >= 15 is 0 Å². The molecule has 2 nitrogen and oxygen atoms in total. The van der Waals surface area contributed by atoms with Gasteiger partial charge >= 0.3 is 0 Å². The molecule has 1 aliphatic rings. The van der Waals surface area contributed by atoms with Crippen molar-refractivity contribution in [3.63, 3.8) is 0 Å². The first-order valence-electron chi connectivity index (χ1n) is 7.74. The van der Waals surface area contributed by atoms with Crippen LogP contribution in [0.25, 0.3) is 0 Å². The fraction of sp³-hybridized carbons (Fsp3) is 0.647. The first-order valence-corrected chi connectivity index (χ1v) is 7.74. The molecule has 0 amide bonds. The summed E-state index contributed by atoms with van der Waals surface area (Å²) in [7, 11) is 0. The highest BCUT2D eigenvalue weighted by molar-refractivity contribution is 5.24. The van der Waals surface area contributed by atoms with Crippen molar-refractivity contribution in [1.82, 2.24) is 10.2 Å². The van der Waals surface area contributed by atoms with Crippen molar-refractivity contribution in [1.29, 1.82) is 0 Å². The Morgan fingerprint density at radius 3 is 2.53 bits per heavy atom. The van der Waals surface area contributed by atoms with Gasteiger partial charge in [0.2, 0.25) is 0 Å². The largest absolute Gasteiger partial charge is 0.315 e. The van der Waals surface area contributed by atoms with E-state index in [2.05, 4.69) is 55.3 Å². The lowest BCUT2D eigenvalue weighted by molar-refractivity contribution is 0.199. The Bertz CT molecular complexity index is 363. The Hall–Kier alpha value is -0.860. The van der Waals surface area contributed by atoms with E-state index in [0.29, 0.717) is 5.92 Å². The predicted molar refractivity (Wildman–Crippen MR) is 82.5 cm³/mol. The molecule has 19 heavy (non-hydrogen) atoms. The number of hydrogen-bond acceptors (Lipinski definition) is 2. The molecule has 2 heteroatoms. The topological polar surface area (TPSA) is 15.3 Å². The molecule has 0 aliphatic carbocycles. The van der Waals surface area contributed by atoms with E-state index in [9.17, 15) is 0 Å². The lowest BCUT2D eigenvalue weighted by Crippen LogP contribution is -2.36. The Kier molecular flexibility index (Phi) is 5.41. The van der Waals surface area contributed by atoms with Crippen molar-refractivity contribution in [3.05, 3.63) is 35.4 Å². The molecule has 1 saturated heterocycles. The van der Waals surface area contributed by atoms with Crippen molar-refractivity contribution in [2.24, 2.45) is 0 Å². The van der Waals surface area contributed by atoms with Crippen LogP contribution in [0.3, 0.4) is 0 Å². The Morgan fingerprint density at radius 1 is 1.26 bits per heavy atom. The predicted octanol–water partition coefficient (Wildman–Crippen LogP) is 3.38. The average molecular weight is 260 g/mol. The molecule has 1 fully saturated rings. The third-order valence-electron chi connectivity index (χ3n) is 4.09. The zero-order valence-corrected chi connectivity index (χ0v) is 12.7. The minimum absolute atomic E-state index is 0.625. The highest BCUT2D eigenvalue weighted by atomic mass is 15.2. The highest BCUT2D eigenvalue weighted by Gasteiger charge is 2.21. The molecule has 1 unspecified atom stereocenters. The molecule has 1 aromatic carbocycles. The molecular weight excluding hydrogens is 232 g/mol. The van der Waals surface area contributed by atoms with E-state index in [1.165, 1.54) is 37.1 Å². The van der Waals surface area contributed by atoms with Gasteiger partial charge < -0.3 is 5.32 Å². The third-order valence-corrected chi connectivity index (χ3v) is 4.09. The van der Waals surface area contributed by atoms with Crippen LogP contribution in [0.15, 0.2) is 24.3 Å². The molecule has 0 saturated carbocycles. The maximum atomic E-state index is 3.48. The van der Waals surface area contributed by atoms with Crippen LogP contribution >= 0.6 is 0 Å². The van der Waals surface area contributed by atoms with Crippen LogP contribution in [0.5, 0.6) is 0 Å². The summed E-state index contributed by atoms with van der Waals surface area (Å²) in [4.78, 5) is 2.64. The van der Waals surface area contributed by atoms with E-state index in [-0.39, 0.29) is 0 Å². The molecule has 1 heterocycles. The van der Waals surface area contributed by atoms with Gasteiger partial charge in [-0.25, -0.2) is 0 Å². The van der Waals surface area contributed by atoms with Crippen molar-refractivity contribution < 1.29 is 0 Å². The molecule has 0 aromatic heterocycles. The fourth-order valence-corrected chi connectivity index (χ4v) is 2.87. The zero-order valence-electron chi connectivity index (χ0n) is 12.7. The SMILES string of the molecule is CCCN(Cc1ccc(C(C)C)cc1)C1CCNC1. The van der Waals surface area contributed by atoms with E-state index in [1.807, 2.05) is 0 Å². The van der Waals surface area contributed by atoms with Crippen molar-refractivity contribution in [2.75, 3.05) is 19.6 Å². The van der Waals surface area contributed by atoms with Gasteiger partial charge in [0.1, 0.15) is 0 Å². The maximum absolute atomic E-state index is 3.48. The molecule has 1 atom stereocenters. The quantitative estimate of drug-likeness (QED) is 0.843. The van der Waals surface area contributed by atoms with Crippen LogP contribution in [0, 0.1) is 0 Å². The van der Waals surface area contributed by atoms with Gasteiger partial charge in [-0.2, -0.15) is 0 Å². The molecule has 0 radical (unpaired) electrons. The second-order valence-corrected chi connectivity index (χ2v) is 6.01. The minimum atomic E-state index is 0.625. The van der Waals surface area contributed by atoms with Gasteiger partial charge in [-0.3, -0.25) is 4.90 Å². The van der Waals surface area contributed by atoms with Gasteiger partial charge in [-0.15, -0.1) is 0 Å². The molecule has 1 N–H and O–H groups in total. The standard InChI is InChI=1S/C17H28N2/c1-4-11-19(17-9-10-18-12-17)13-15-5-7-16(8-6-15)14(2)3/h5-8,14,17-18H,4,9-13H2,1-3H3. The minimum Gasteiger partial charge on any atom is -0.315 e. The van der Waals surface area contributed by atoms with Gasteiger partial charge in [0.25, 0.3) is 0 Å². The van der Waals surface area contributed by atoms with Gasteiger partial charge in [0.05, 0.1) is 0 Å². The molecule has 0 bridgehead atoms. The molecule has 106 valence electrons. The molecule has 0 spiro atoms. The molecule has 1 aromatic rings. The van der Waals surface area contributed by atoms with Gasteiger partial charge in [0, 0.05) is 19.1 Å². The second kappa shape index (κ2) is 7.06. The number of nitrogens with zero attached hydrogens (tertiary/aromatic N) is 1. The maximum Gasteiger partial charge on any atom is 0.0237 e. The van der Waals surface area contributed by atoms with Gasteiger partial charge in [-0.05, 0) is 43.0 Å². The van der Waals surface area contributed by atoms with E-state index in [1.54, 1.807) is 0 Å². The highest BCUT2D eigenvalue weighted by Crippen LogP contribution is 2.18. The Balaban J connectivity index is 1.99. The number of rotatable bonds is 6. The average Bonchev–Trinajstić information content (AvgIpc) is 2.92. The molecule has 1 aliphatic heterocycles. The second-order valence-electron chi connectivity index (χ2n) is 6.01. The van der Waals surface area contributed by atoms with Crippen LogP contribution in [0.4, 0.5) is 0 Å². The van der Waals surface area contributed by atoms with Crippen molar-refractivity contribution in [2.45, 2.75) is 52.1 Å². The van der Waals surface area contributed by atoms with E-state index < -0.39 is 0 Å². The lowest BCUT2D eigenvalue weighted by atomic mass is 10.0. The number of benzene rings is 1. The Labute approximate surface area is 118 Å². The van der Waals surface area contributed by atoms with Gasteiger partial charge in [-0.1, -0.05) is 45.0 Å². The van der Waals surface area contributed by atoms with Crippen LogP contribution < -0.4 is 5.32 Å². The van der Waals surface area contributed by atoms with Crippen LogP contribution in [0.2, 0.25) is 0 Å².